The topological polar surface area (TPSA) is 73.8 Å². The van der Waals surface area contributed by atoms with E-state index in [0.717, 1.165) is 11.6 Å². The first-order valence-corrected chi connectivity index (χ1v) is 10.6. The number of nitrogens with one attached hydrogen (secondary N) is 2. The van der Waals surface area contributed by atoms with Crippen LogP contribution < -0.4 is 20.5 Å². The Balaban J connectivity index is 1.66. The number of aromatic nitrogens is 2. The summed E-state index contributed by atoms with van der Waals surface area (Å²) in [7, 11) is 0. The van der Waals surface area contributed by atoms with Crippen LogP contribution in [0.1, 0.15) is 23.2 Å². The molecule has 33 heavy (non-hydrogen) atoms. The molecule has 2 aliphatic heterocycles. The highest BCUT2D eigenvalue weighted by atomic mass is 19.4. The summed E-state index contributed by atoms with van der Waals surface area (Å²) in [5, 5.41) is 0. The third-order valence-electron chi connectivity index (χ3n) is 6.05. The van der Waals surface area contributed by atoms with Crippen molar-refractivity contribution < 1.29 is 27.3 Å². The second-order valence-corrected chi connectivity index (χ2v) is 8.06. The molecule has 1 fully saturated rings. The van der Waals surface area contributed by atoms with Crippen LogP contribution in [0, 0.1) is 5.82 Å². The van der Waals surface area contributed by atoms with E-state index in [2.05, 4.69) is 16.5 Å². The van der Waals surface area contributed by atoms with Crippen LogP contribution in [0.2, 0.25) is 0 Å². The van der Waals surface area contributed by atoms with Gasteiger partial charge in [-0.1, -0.05) is 12.6 Å². The van der Waals surface area contributed by atoms with Crippen LogP contribution in [-0.2, 0) is 23.9 Å². The van der Waals surface area contributed by atoms with Gasteiger partial charge in [0.25, 0.3) is 0 Å². The Morgan fingerprint density at radius 3 is 2.52 bits per heavy atom. The van der Waals surface area contributed by atoms with Crippen LogP contribution in [0.15, 0.2) is 35.6 Å². The number of aromatic amines is 2. The number of fused-ring (bicyclic) bond motifs is 1. The van der Waals surface area contributed by atoms with Gasteiger partial charge in [0.05, 0.1) is 44.0 Å². The van der Waals surface area contributed by atoms with Crippen LogP contribution in [0.5, 0.6) is 0 Å². The number of alkyl halides is 3. The third-order valence-corrected chi connectivity index (χ3v) is 6.05. The van der Waals surface area contributed by atoms with Crippen molar-refractivity contribution in [1.82, 2.24) is 9.88 Å². The lowest BCUT2D eigenvalue weighted by molar-refractivity contribution is -0.389. The van der Waals surface area contributed by atoms with Gasteiger partial charge in [-0.2, -0.15) is 13.2 Å². The largest absolute Gasteiger partial charge is 0.438 e. The molecule has 0 unspecified atom stereocenters. The Morgan fingerprint density at radius 1 is 1.12 bits per heavy atom. The van der Waals surface area contributed by atoms with Crippen molar-refractivity contribution in [2.75, 3.05) is 42.5 Å². The molecule has 0 aliphatic carbocycles. The molecular weight excluding hydrogens is 442 g/mol. The van der Waals surface area contributed by atoms with Crippen molar-refractivity contribution in [2.45, 2.75) is 25.6 Å². The van der Waals surface area contributed by atoms with E-state index in [9.17, 15) is 27.2 Å². The maximum atomic E-state index is 14.1. The predicted molar refractivity (Wildman–Crippen MR) is 113 cm³/mol. The van der Waals surface area contributed by atoms with Gasteiger partial charge in [-0.3, -0.25) is 9.69 Å². The number of carbonyl (C=O) groups excluding carboxylic acids is 1. The molecule has 176 valence electrons. The van der Waals surface area contributed by atoms with E-state index < -0.39 is 23.2 Å². The quantitative estimate of drug-likeness (QED) is 0.556. The smallest absolute Gasteiger partial charge is 0.364 e. The summed E-state index contributed by atoms with van der Waals surface area (Å²) >= 11 is 0. The maximum Gasteiger partial charge on any atom is 0.438 e. The minimum atomic E-state index is -4.85. The molecule has 1 aromatic carbocycles. The molecule has 2 aliphatic rings. The van der Waals surface area contributed by atoms with Crippen LogP contribution in [0.3, 0.4) is 0 Å². The number of nitrogens with zero attached hydrogens (tertiary/aromatic N) is 3. The molecular formula is C22H24F4N5O2+. The average Bonchev–Trinajstić information content (AvgIpc) is 2.99. The number of piperazine rings is 1. The third kappa shape index (κ3) is 4.57. The Labute approximate surface area is 187 Å². The Bertz CT molecular complexity index is 1120. The summed E-state index contributed by atoms with van der Waals surface area (Å²) in [4.78, 5) is 34.9. The van der Waals surface area contributed by atoms with E-state index in [1.807, 2.05) is 4.90 Å². The lowest BCUT2D eigenvalue weighted by Crippen LogP contribution is -2.51. The van der Waals surface area contributed by atoms with E-state index in [0.29, 0.717) is 50.5 Å². The average molecular weight is 466 g/mol. The fourth-order valence-electron chi connectivity index (χ4n) is 4.50. The van der Waals surface area contributed by atoms with Gasteiger partial charge in [0.15, 0.2) is 0 Å². The van der Waals surface area contributed by atoms with Crippen molar-refractivity contribution in [3.8, 4) is 0 Å². The zero-order valence-electron chi connectivity index (χ0n) is 17.8. The molecule has 0 radical (unpaired) electrons. The Hall–Kier alpha value is -3.37. The van der Waals surface area contributed by atoms with Crippen LogP contribution in [0.4, 0.5) is 29.1 Å². The lowest BCUT2D eigenvalue weighted by Gasteiger charge is -2.32. The number of carbonyl (C=O) groups is 1. The van der Waals surface area contributed by atoms with Gasteiger partial charge in [-0.25, -0.2) is 19.2 Å². The summed E-state index contributed by atoms with van der Waals surface area (Å²) in [5.74, 6) is -0.877. The van der Waals surface area contributed by atoms with Gasteiger partial charge in [0, 0.05) is 6.54 Å². The highest BCUT2D eigenvalue weighted by Gasteiger charge is 2.39. The summed E-state index contributed by atoms with van der Waals surface area (Å²) in [6, 6.07) is 3.30. The number of amides is 1. The number of hydrogen-bond donors (Lipinski definition) is 1. The van der Waals surface area contributed by atoms with E-state index in [1.165, 1.54) is 23.1 Å². The van der Waals surface area contributed by atoms with Gasteiger partial charge in [0.1, 0.15) is 17.1 Å². The van der Waals surface area contributed by atoms with Crippen molar-refractivity contribution >= 4 is 17.4 Å². The number of halogens is 4. The molecule has 1 aromatic heterocycles. The summed E-state index contributed by atoms with van der Waals surface area (Å²) in [5.41, 5.74) is -0.729. The lowest BCUT2D eigenvalue weighted by atomic mass is 10.1. The minimum Gasteiger partial charge on any atom is -0.364 e. The van der Waals surface area contributed by atoms with Crippen molar-refractivity contribution in [3.05, 3.63) is 64.0 Å². The van der Waals surface area contributed by atoms with Gasteiger partial charge >= 0.3 is 11.9 Å². The monoisotopic (exact) mass is 466 g/mol. The van der Waals surface area contributed by atoms with Crippen LogP contribution >= 0.6 is 0 Å². The van der Waals surface area contributed by atoms with E-state index >= 15 is 0 Å². The second kappa shape index (κ2) is 8.87. The van der Waals surface area contributed by atoms with Gasteiger partial charge in [-0.15, -0.1) is 0 Å². The number of hydrogen-bond acceptors (Lipinski definition) is 4. The Kier molecular flexibility index (Phi) is 6.13. The highest BCUT2D eigenvalue weighted by Crippen LogP contribution is 2.39. The van der Waals surface area contributed by atoms with Crippen molar-refractivity contribution in [2.24, 2.45) is 0 Å². The summed E-state index contributed by atoms with van der Waals surface area (Å²) in [6.07, 6.45) is -2.54. The molecule has 0 saturated carbocycles. The van der Waals surface area contributed by atoms with Crippen molar-refractivity contribution in [3.63, 3.8) is 0 Å². The van der Waals surface area contributed by atoms with E-state index in [1.54, 1.807) is 4.90 Å². The molecule has 11 heteroatoms. The number of benzene rings is 1. The summed E-state index contributed by atoms with van der Waals surface area (Å²) < 4.78 is 54.9. The predicted octanol–water partition coefficient (Wildman–Crippen LogP) is 2.13. The molecule has 0 spiro atoms. The first kappa shape index (κ1) is 22.8. The van der Waals surface area contributed by atoms with Crippen molar-refractivity contribution in [1.29, 1.82) is 0 Å². The second-order valence-electron chi connectivity index (χ2n) is 8.06. The first-order valence-electron chi connectivity index (χ1n) is 10.6. The highest BCUT2D eigenvalue weighted by molar-refractivity contribution is 5.87. The fraction of sp³-hybridized carbons (Fsp3) is 0.409. The van der Waals surface area contributed by atoms with Crippen LogP contribution in [0.25, 0.3) is 0 Å². The van der Waals surface area contributed by atoms with E-state index in [4.69, 9.17) is 0 Å². The van der Waals surface area contributed by atoms with E-state index in [-0.39, 0.29) is 24.7 Å². The minimum absolute atomic E-state index is 0.00764. The molecule has 0 bridgehead atoms. The fourth-order valence-corrected chi connectivity index (χ4v) is 4.50. The summed E-state index contributed by atoms with van der Waals surface area (Å²) in [6.45, 7) is 5.69. The standard InChI is InChI=1S/C22H23F4N5O2/c1-2-18(32)29-9-11-30(12-10-29)20-14-5-4-8-31(13-16(14)27-21(33)28-20)17-7-3-6-15(23)19(17)22(24,25)26/h2-3,6-7H,1,4-5,8-13H2,(H,27,28,33)/p+1. The molecule has 4 rings (SSSR count). The van der Waals surface area contributed by atoms with Gasteiger partial charge < -0.3 is 9.80 Å². The molecule has 3 heterocycles. The maximum absolute atomic E-state index is 14.1. The molecule has 1 saturated heterocycles. The normalized spacial score (nSPS) is 16.9. The molecule has 7 nitrogen and oxygen atoms in total. The van der Waals surface area contributed by atoms with Crippen LogP contribution in [-0.4, -0.2) is 48.5 Å². The number of anilines is 2. The first-order chi connectivity index (χ1) is 15.7. The zero-order chi connectivity index (χ0) is 23.8. The van der Waals surface area contributed by atoms with Gasteiger partial charge in [0.2, 0.25) is 11.7 Å². The molecule has 2 aromatic rings. The SMILES string of the molecule is C=CC(=O)N1CCN(c2[nH+]c(=O)[nH]c3c2CCCN(c2cccc(F)c2C(F)(F)F)C3)CC1. The molecule has 2 N–H and O–H groups in total. The number of rotatable bonds is 3. The number of H-pyrrole nitrogens is 2. The molecule has 1 amide bonds. The molecule has 0 atom stereocenters. The van der Waals surface area contributed by atoms with Gasteiger partial charge in [-0.05, 0) is 31.1 Å². The zero-order valence-corrected chi connectivity index (χ0v) is 17.8. The Morgan fingerprint density at radius 2 is 1.85 bits per heavy atom.